The second-order valence-corrected chi connectivity index (χ2v) is 6.90. The van der Waals surface area contributed by atoms with Crippen LogP contribution in [0.15, 0.2) is 30.6 Å². The third-order valence-electron chi connectivity index (χ3n) is 4.93. The molecule has 1 unspecified atom stereocenters. The fourth-order valence-electron chi connectivity index (χ4n) is 3.39. The summed E-state index contributed by atoms with van der Waals surface area (Å²) < 4.78 is 1.90. The molecule has 1 aliphatic carbocycles. The van der Waals surface area contributed by atoms with Crippen molar-refractivity contribution in [1.82, 2.24) is 29.9 Å². The lowest BCUT2D eigenvalue weighted by Gasteiger charge is -2.23. The highest BCUT2D eigenvalue weighted by atomic mass is 15.3. The Labute approximate surface area is 145 Å². The molecule has 2 N–H and O–H groups in total. The van der Waals surface area contributed by atoms with E-state index < -0.39 is 0 Å². The van der Waals surface area contributed by atoms with E-state index in [0.717, 1.165) is 42.2 Å². The number of fused-ring (bicyclic) bond motifs is 1. The van der Waals surface area contributed by atoms with Gasteiger partial charge in [0.15, 0.2) is 5.65 Å². The number of nitrogens with zero attached hydrogens (tertiary/aromatic N) is 5. The highest BCUT2D eigenvalue weighted by Crippen LogP contribution is 2.39. The molecule has 4 heterocycles. The van der Waals surface area contributed by atoms with Crippen LogP contribution in [-0.4, -0.2) is 43.7 Å². The molecule has 0 amide bonds. The SMILES string of the molecule is c1cc(-c2cnc3ccc(C4CC4)nn23)nc(NC2CCCNC2)n1. The number of hydrogen-bond donors (Lipinski definition) is 2. The van der Waals surface area contributed by atoms with E-state index in [4.69, 9.17) is 10.1 Å². The minimum Gasteiger partial charge on any atom is -0.350 e. The second-order valence-electron chi connectivity index (χ2n) is 6.90. The summed E-state index contributed by atoms with van der Waals surface area (Å²) in [5.41, 5.74) is 3.75. The molecule has 1 saturated carbocycles. The summed E-state index contributed by atoms with van der Waals surface area (Å²) in [5.74, 6) is 1.28. The molecule has 0 radical (unpaired) electrons. The molecule has 0 bridgehead atoms. The maximum Gasteiger partial charge on any atom is 0.223 e. The minimum atomic E-state index is 0.380. The first-order valence-electron chi connectivity index (χ1n) is 9.02. The van der Waals surface area contributed by atoms with Gasteiger partial charge in [0.25, 0.3) is 0 Å². The molecule has 1 saturated heterocycles. The summed E-state index contributed by atoms with van der Waals surface area (Å²) in [6.45, 7) is 2.05. The Morgan fingerprint density at radius 3 is 2.92 bits per heavy atom. The van der Waals surface area contributed by atoms with Crippen molar-refractivity contribution in [2.24, 2.45) is 0 Å². The fraction of sp³-hybridized carbons (Fsp3) is 0.444. The minimum absolute atomic E-state index is 0.380. The monoisotopic (exact) mass is 335 g/mol. The van der Waals surface area contributed by atoms with Gasteiger partial charge in [0.2, 0.25) is 5.95 Å². The van der Waals surface area contributed by atoms with Gasteiger partial charge in [0.05, 0.1) is 17.6 Å². The zero-order chi connectivity index (χ0) is 16.6. The lowest BCUT2D eigenvalue weighted by Crippen LogP contribution is -2.38. The molecule has 25 heavy (non-hydrogen) atoms. The quantitative estimate of drug-likeness (QED) is 0.761. The second kappa shape index (κ2) is 6.07. The Kier molecular flexibility index (Phi) is 3.59. The molecule has 128 valence electrons. The van der Waals surface area contributed by atoms with E-state index in [1.54, 1.807) is 6.20 Å². The molecule has 1 aliphatic heterocycles. The van der Waals surface area contributed by atoms with Crippen LogP contribution in [0.2, 0.25) is 0 Å². The van der Waals surface area contributed by atoms with Gasteiger partial charge >= 0.3 is 0 Å². The molecule has 3 aromatic rings. The summed E-state index contributed by atoms with van der Waals surface area (Å²) >= 11 is 0. The van der Waals surface area contributed by atoms with Gasteiger partial charge in [-0.2, -0.15) is 5.10 Å². The average molecular weight is 335 g/mol. The Morgan fingerprint density at radius 1 is 1.12 bits per heavy atom. The average Bonchev–Trinajstić information content (AvgIpc) is 3.42. The highest BCUT2D eigenvalue weighted by molar-refractivity contribution is 5.60. The van der Waals surface area contributed by atoms with Crippen molar-refractivity contribution in [3.05, 3.63) is 36.3 Å². The Balaban J connectivity index is 1.47. The first-order chi connectivity index (χ1) is 12.4. The van der Waals surface area contributed by atoms with Crippen molar-refractivity contribution in [1.29, 1.82) is 0 Å². The third kappa shape index (κ3) is 2.95. The molecule has 0 aromatic carbocycles. The van der Waals surface area contributed by atoms with E-state index in [1.807, 2.05) is 22.8 Å². The summed E-state index contributed by atoms with van der Waals surface area (Å²) in [5, 5.41) is 11.6. The van der Waals surface area contributed by atoms with Crippen molar-refractivity contribution in [2.45, 2.75) is 37.6 Å². The van der Waals surface area contributed by atoms with Gasteiger partial charge in [0.1, 0.15) is 5.69 Å². The maximum atomic E-state index is 4.78. The van der Waals surface area contributed by atoms with Gasteiger partial charge in [-0.15, -0.1) is 0 Å². The predicted molar refractivity (Wildman–Crippen MR) is 95.5 cm³/mol. The number of aromatic nitrogens is 5. The van der Waals surface area contributed by atoms with Crippen LogP contribution in [0.25, 0.3) is 17.0 Å². The van der Waals surface area contributed by atoms with E-state index in [9.17, 15) is 0 Å². The van der Waals surface area contributed by atoms with E-state index in [-0.39, 0.29) is 0 Å². The van der Waals surface area contributed by atoms with Crippen molar-refractivity contribution in [3.63, 3.8) is 0 Å². The summed E-state index contributed by atoms with van der Waals surface area (Å²) in [4.78, 5) is 13.5. The molecule has 1 atom stereocenters. The number of imidazole rings is 1. The lowest BCUT2D eigenvalue weighted by molar-refractivity contribution is 0.478. The third-order valence-corrected chi connectivity index (χ3v) is 4.93. The largest absolute Gasteiger partial charge is 0.350 e. The molecule has 3 aromatic heterocycles. The first-order valence-corrected chi connectivity index (χ1v) is 9.02. The molecule has 2 fully saturated rings. The molecule has 2 aliphatic rings. The fourth-order valence-corrected chi connectivity index (χ4v) is 3.39. The number of nitrogens with one attached hydrogen (secondary N) is 2. The van der Waals surface area contributed by atoms with E-state index >= 15 is 0 Å². The van der Waals surface area contributed by atoms with Gasteiger partial charge in [-0.1, -0.05) is 0 Å². The Bertz CT molecular complexity index is 893. The van der Waals surface area contributed by atoms with Crippen LogP contribution in [-0.2, 0) is 0 Å². The van der Waals surface area contributed by atoms with Crippen molar-refractivity contribution >= 4 is 11.6 Å². The zero-order valence-electron chi connectivity index (χ0n) is 14.0. The van der Waals surface area contributed by atoms with Crippen molar-refractivity contribution < 1.29 is 0 Å². The van der Waals surface area contributed by atoms with Gasteiger partial charge in [-0.3, -0.25) is 0 Å². The number of anilines is 1. The van der Waals surface area contributed by atoms with Crippen LogP contribution < -0.4 is 10.6 Å². The van der Waals surface area contributed by atoms with E-state index in [1.165, 1.54) is 19.3 Å². The number of hydrogen-bond acceptors (Lipinski definition) is 6. The van der Waals surface area contributed by atoms with E-state index in [0.29, 0.717) is 17.9 Å². The number of piperidine rings is 1. The normalized spacial score (nSPS) is 20.7. The highest BCUT2D eigenvalue weighted by Gasteiger charge is 2.25. The summed E-state index contributed by atoms with van der Waals surface area (Å²) in [6.07, 6.45) is 8.43. The van der Waals surface area contributed by atoms with Crippen LogP contribution in [0.5, 0.6) is 0 Å². The molecule has 7 heteroatoms. The molecule has 5 rings (SSSR count). The van der Waals surface area contributed by atoms with Crippen molar-refractivity contribution in [3.8, 4) is 11.4 Å². The maximum absolute atomic E-state index is 4.78. The topological polar surface area (TPSA) is 80.0 Å². The van der Waals surface area contributed by atoms with E-state index in [2.05, 4.69) is 26.7 Å². The standard InChI is InChI=1S/C18H21N7/c1-2-13(10-19-8-1)22-18-20-9-7-15(23-18)16-11-21-17-6-5-14(12-3-4-12)24-25(16)17/h5-7,9,11-13,19H,1-4,8,10H2,(H,20,22,23). The number of rotatable bonds is 4. The van der Waals surface area contributed by atoms with Crippen molar-refractivity contribution in [2.75, 3.05) is 18.4 Å². The van der Waals surface area contributed by atoms with Crippen LogP contribution in [0.4, 0.5) is 5.95 Å². The Hall–Kier alpha value is -2.54. The lowest BCUT2D eigenvalue weighted by atomic mass is 10.1. The smallest absolute Gasteiger partial charge is 0.223 e. The summed E-state index contributed by atoms with van der Waals surface area (Å²) in [7, 11) is 0. The van der Waals surface area contributed by atoms with Gasteiger partial charge in [-0.05, 0) is 50.4 Å². The Morgan fingerprint density at radius 2 is 2.08 bits per heavy atom. The van der Waals surface area contributed by atoms with Gasteiger partial charge < -0.3 is 10.6 Å². The molecular weight excluding hydrogens is 314 g/mol. The van der Waals surface area contributed by atoms with Crippen LogP contribution in [0.3, 0.4) is 0 Å². The molecule has 7 nitrogen and oxygen atoms in total. The van der Waals surface area contributed by atoms with Crippen LogP contribution in [0.1, 0.15) is 37.3 Å². The van der Waals surface area contributed by atoms with Gasteiger partial charge in [0, 0.05) is 24.7 Å². The van der Waals surface area contributed by atoms with Crippen LogP contribution in [0, 0.1) is 0 Å². The molecular formula is C18H21N7. The van der Waals surface area contributed by atoms with Crippen LogP contribution >= 0.6 is 0 Å². The molecule has 0 spiro atoms. The predicted octanol–water partition coefficient (Wildman–Crippen LogP) is 2.23. The van der Waals surface area contributed by atoms with Gasteiger partial charge in [-0.25, -0.2) is 19.5 Å². The summed E-state index contributed by atoms with van der Waals surface area (Å²) in [6, 6.07) is 6.43. The first kappa shape index (κ1) is 14.8. The zero-order valence-corrected chi connectivity index (χ0v) is 14.0.